The van der Waals surface area contributed by atoms with Crippen LogP contribution in [-0.2, 0) is 9.59 Å². The van der Waals surface area contributed by atoms with Gasteiger partial charge in [0.25, 0.3) is 0 Å². The molecule has 1 atom stereocenters. The summed E-state index contributed by atoms with van der Waals surface area (Å²) in [4.78, 5) is 19.2. The summed E-state index contributed by atoms with van der Waals surface area (Å²) in [5.41, 5.74) is 0. The van der Waals surface area contributed by atoms with Gasteiger partial charge in [-0.25, -0.2) is 0 Å². The quantitative estimate of drug-likeness (QED) is 0.404. The van der Waals surface area contributed by atoms with Crippen LogP contribution >= 0.6 is 34.8 Å². The van der Waals surface area contributed by atoms with E-state index >= 15 is 0 Å². The summed E-state index contributed by atoms with van der Waals surface area (Å²) in [7, 11) is 0. The van der Waals surface area contributed by atoms with Crippen LogP contribution in [0, 0.1) is 0 Å². The van der Waals surface area contributed by atoms with E-state index < -0.39 is 15.9 Å². The first-order valence-electron chi connectivity index (χ1n) is 2.57. The lowest BCUT2D eigenvalue weighted by Gasteiger charge is -1.85. The van der Waals surface area contributed by atoms with Crippen LogP contribution in [0.4, 0.5) is 0 Å². The average Bonchev–Trinajstić information content (AvgIpc) is 1.89. The minimum Gasteiger partial charge on any atom is -0.280 e. The largest absolute Gasteiger partial charge is 0.280 e. The van der Waals surface area contributed by atoms with E-state index in [2.05, 4.69) is 6.58 Å². The fourth-order valence-corrected chi connectivity index (χ4v) is 0. The first-order chi connectivity index (χ1) is 4.91. The minimum atomic E-state index is -0.549. The summed E-state index contributed by atoms with van der Waals surface area (Å²) < 4.78 is 0. The van der Waals surface area contributed by atoms with Crippen molar-refractivity contribution in [1.82, 2.24) is 0 Å². The van der Waals surface area contributed by atoms with Gasteiger partial charge < -0.3 is 0 Å². The van der Waals surface area contributed by atoms with Crippen molar-refractivity contribution >= 4 is 45.3 Å². The van der Waals surface area contributed by atoms with E-state index in [-0.39, 0.29) is 0 Å². The predicted octanol–water partition coefficient (Wildman–Crippen LogP) is 2.32. The first kappa shape index (κ1) is 13.5. The molecular formula is C6H7Cl3O2. The van der Waals surface area contributed by atoms with Crippen LogP contribution < -0.4 is 0 Å². The first-order valence-corrected chi connectivity index (χ1v) is 3.76. The van der Waals surface area contributed by atoms with Crippen LogP contribution in [0.15, 0.2) is 12.7 Å². The second-order valence-corrected chi connectivity index (χ2v) is 2.83. The second kappa shape index (κ2) is 8.05. The van der Waals surface area contributed by atoms with Gasteiger partial charge in [-0.05, 0) is 36.2 Å². The maximum absolute atomic E-state index is 9.78. The van der Waals surface area contributed by atoms with Crippen LogP contribution in [0.1, 0.15) is 6.92 Å². The Bertz CT molecular complexity index is 154. The number of alkyl halides is 1. The van der Waals surface area contributed by atoms with Gasteiger partial charge in [-0.2, -0.15) is 0 Å². The molecule has 0 amide bonds. The van der Waals surface area contributed by atoms with Crippen molar-refractivity contribution in [3.63, 3.8) is 0 Å². The molecule has 0 aromatic rings. The number of carbonyl (C=O) groups is 2. The van der Waals surface area contributed by atoms with Crippen LogP contribution in [-0.4, -0.2) is 15.9 Å². The Morgan fingerprint density at radius 2 is 1.64 bits per heavy atom. The highest BCUT2D eigenvalue weighted by atomic mass is 35.5. The maximum atomic E-state index is 9.78. The Hall–Kier alpha value is -0.0500. The molecule has 0 aliphatic heterocycles. The molecule has 0 radical (unpaired) electrons. The van der Waals surface area contributed by atoms with Gasteiger partial charge in [0.1, 0.15) is 5.38 Å². The Morgan fingerprint density at radius 1 is 1.45 bits per heavy atom. The van der Waals surface area contributed by atoms with E-state index in [1.165, 1.54) is 6.92 Å². The number of hydrogen-bond donors (Lipinski definition) is 0. The number of rotatable bonds is 2. The Labute approximate surface area is 80.1 Å². The maximum Gasteiger partial charge on any atom is 0.244 e. The van der Waals surface area contributed by atoms with Gasteiger partial charge in [0, 0.05) is 0 Å². The van der Waals surface area contributed by atoms with Gasteiger partial charge in [0.15, 0.2) is 0 Å². The smallest absolute Gasteiger partial charge is 0.244 e. The molecule has 0 saturated heterocycles. The molecule has 2 nitrogen and oxygen atoms in total. The van der Waals surface area contributed by atoms with Crippen molar-refractivity contribution in [2.75, 3.05) is 0 Å². The molecule has 0 heterocycles. The summed E-state index contributed by atoms with van der Waals surface area (Å²) in [5.74, 6) is 0. The van der Waals surface area contributed by atoms with Crippen LogP contribution in [0.2, 0.25) is 0 Å². The highest BCUT2D eigenvalue weighted by Gasteiger charge is 2.01. The topological polar surface area (TPSA) is 34.1 Å². The molecule has 11 heavy (non-hydrogen) atoms. The third kappa shape index (κ3) is 17.8. The predicted molar refractivity (Wildman–Crippen MR) is 47.2 cm³/mol. The standard InChI is InChI=1S/C3H4Cl2O.C3H3ClO/c1-2(4)3(5)6;1-2-3(4)5/h2H,1H3;2H,1H2. The molecule has 0 aromatic carbocycles. The third-order valence-corrected chi connectivity index (χ3v) is 1.26. The summed E-state index contributed by atoms with van der Waals surface area (Å²) >= 11 is 14.7. The lowest BCUT2D eigenvalue weighted by molar-refractivity contribution is -0.111. The highest BCUT2D eigenvalue weighted by molar-refractivity contribution is 6.69. The molecular weight excluding hydrogens is 210 g/mol. The van der Waals surface area contributed by atoms with Gasteiger partial charge in [-0.15, -0.1) is 11.6 Å². The molecule has 1 unspecified atom stereocenters. The number of allylic oxidation sites excluding steroid dienone is 1. The lowest BCUT2D eigenvalue weighted by atomic mass is 10.5. The molecule has 0 fully saturated rings. The van der Waals surface area contributed by atoms with Gasteiger partial charge in [-0.3, -0.25) is 9.59 Å². The van der Waals surface area contributed by atoms with Crippen LogP contribution in [0.5, 0.6) is 0 Å². The zero-order chi connectivity index (χ0) is 9.44. The van der Waals surface area contributed by atoms with Gasteiger partial charge in [-0.1, -0.05) is 6.58 Å². The number of carbonyl (C=O) groups excluding carboxylic acids is 2. The van der Waals surface area contributed by atoms with Crippen molar-refractivity contribution in [3.8, 4) is 0 Å². The fourth-order valence-electron chi connectivity index (χ4n) is 0. The van der Waals surface area contributed by atoms with Crippen molar-refractivity contribution in [2.24, 2.45) is 0 Å². The van der Waals surface area contributed by atoms with Crippen LogP contribution in [0.25, 0.3) is 0 Å². The summed E-state index contributed by atoms with van der Waals surface area (Å²) in [6.07, 6.45) is 1.04. The highest BCUT2D eigenvalue weighted by Crippen LogP contribution is 1.96. The molecule has 0 aliphatic rings. The zero-order valence-corrected chi connectivity index (χ0v) is 8.08. The van der Waals surface area contributed by atoms with E-state index in [1.807, 2.05) is 0 Å². The van der Waals surface area contributed by atoms with Gasteiger partial charge in [0.2, 0.25) is 10.5 Å². The van der Waals surface area contributed by atoms with Crippen molar-refractivity contribution in [2.45, 2.75) is 12.3 Å². The van der Waals surface area contributed by atoms with Gasteiger partial charge in [0.05, 0.1) is 0 Å². The van der Waals surface area contributed by atoms with Gasteiger partial charge >= 0.3 is 0 Å². The molecule has 0 aliphatic carbocycles. The number of halogens is 3. The molecule has 0 spiro atoms. The van der Waals surface area contributed by atoms with E-state index in [0.717, 1.165) is 6.08 Å². The third-order valence-electron chi connectivity index (χ3n) is 0.473. The Morgan fingerprint density at radius 3 is 1.64 bits per heavy atom. The van der Waals surface area contributed by atoms with Crippen molar-refractivity contribution in [3.05, 3.63) is 12.7 Å². The Balaban J connectivity index is 0. The summed E-state index contributed by atoms with van der Waals surface area (Å²) in [6, 6.07) is 0. The molecule has 0 saturated carbocycles. The average molecular weight is 217 g/mol. The zero-order valence-electron chi connectivity index (χ0n) is 5.81. The fraction of sp³-hybridized carbons (Fsp3) is 0.333. The molecule has 64 valence electrons. The van der Waals surface area contributed by atoms with E-state index in [0.29, 0.717) is 0 Å². The Kier molecular flexibility index (Phi) is 9.90. The summed E-state index contributed by atoms with van der Waals surface area (Å²) in [5, 5.41) is -1.56. The second-order valence-electron chi connectivity index (χ2n) is 1.43. The molecule has 0 rings (SSSR count). The van der Waals surface area contributed by atoms with Crippen LogP contribution in [0.3, 0.4) is 0 Å². The van der Waals surface area contributed by atoms with Crippen molar-refractivity contribution in [1.29, 1.82) is 0 Å². The minimum absolute atomic E-state index is 0.503. The van der Waals surface area contributed by atoms with Crippen molar-refractivity contribution < 1.29 is 9.59 Å². The molecule has 5 heteroatoms. The van der Waals surface area contributed by atoms with E-state index in [9.17, 15) is 9.59 Å². The molecule has 0 aromatic heterocycles. The summed E-state index contributed by atoms with van der Waals surface area (Å²) in [6.45, 7) is 4.60. The SMILES string of the molecule is C=CC(=O)Cl.CC(Cl)C(=O)Cl. The molecule has 0 bridgehead atoms. The molecule has 0 N–H and O–H groups in total. The normalized spacial score (nSPS) is 10.5. The van der Waals surface area contributed by atoms with E-state index in [1.54, 1.807) is 0 Å². The van der Waals surface area contributed by atoms with E-state index in [4.69, 9.17) is 34.8 Å². The monoisotopic (exact) mass is 216 g/mol. The lowest BCUT2D eigenvalue weighted by Crippen LogP contribution is -1.99. The number of hydrogen-bond acceptors (Lipinski definition) is 2.